The van der Waals surface area contributed by atoms with Gasteiger partial charge in [0.2, 0.25) is 0 Å². The normalized spacial score (nSPS) is 19.6. The van der Waals surface area contributed by atoms with Crippen LogP contribution in [0.25, 0.3) is 0 Å². The molecule has 1 fully saturated rings. The van der Waals surface area contributed by atoms with Gasteiger partial charge in [-0.1, -0.05) is 0 Å². The van der Waals surface area contributed by atoms with Crippen LogP contribution in [0.2, 0.25) is 0 Å². The Kier molecular flexibility index (Phi) is 1.51. The lowest BCUT2D eigenvalue weighted by molar-refractivity contribution is 0.249. The largest absolute Gasteiger partial charge is 0.395 e. The first kappa shape index (κ1) is 7.80. The summed E-state index contributed by atoms with van der Waals surface area (Å²) in [6.45, 7) is 2.24. The van der Waals surface area contributed by atoms with E-state index in [0.29, 0.717) is 0 Å². The first-order valence-electron chi connectivity index (χ1n) is 4.30. The van der Waals surface area contributed by atoms with Crippen LogP contribution in [-0.4, -0.2) is 21.5 Å². The van der Waals surface area contributed by atoms with Crippen LogP contribution in [0.1, 0.15) is 24.2 Å². The number of aryl methyl sites for hydroxylation is 2. The van der Waals surface area contributed by atoms with Gasteiger partial charge in [0.1, 0.15) is 0 Å². The van der Waals surface area contributed by atoms with Crippen LogP contribution >= 0.6 is 0 Å². The fourth-order valence-electron chi connectivity index (χ4n) is 1.75. The highest BCUT2D eigenvalue weighted by molar-refractivity contribution is 5.26. The summed E-state index contributed by atoms with van der Waals surface area (Å²) in [5.74, 6) is 0. The molecule has 3 heteroatoms. The maximum absolute atomic E-state index is 9.20. The molecule has 2 rings (SSSR count). The minimum Gasteiger partial charge on any atom is -0.395 e. The van der Waals surface area contributed by atoms with E-state index in [9.17, 15) is 5.11 Å². The summed E-state index contributed by atoms with van der Waals surface area (Å²) in [5, 5.41) is 13.5. The molecule has 0 atom stereocenters. The lowest BCUT2D eigenvalue weighted by Crippen LogP contribution is -2.16. The Balaban J connectivity index is 2.39. The van der Waals surface area contributed by atoms with Crippen molar-refractivity contribution in [1.82, 2.24) is 9.78 Å². The van der Waals surface area contributed by atoms with Gasteiger partial charge >= 0.3 is 0 Å². The minimum absolute atomic E-state index is 0.0516. The first-order chi connectivity index (χ1) is 5.68. The summed E-state index contributed by atoms with van der Waals surface area (Å²) in [5.41, 5.74) is 2.27. The van der Waals surface area contributed by atoms with Crippen LogP contribution in [-0.2, 0) is 12.5 Å². The second-order valence-corrected chi connectivity index (χ2v) is 3.73. The van der Waals surface area contributed by atoms with Gasteiger partial charge in [0, 0.05) is 18.2 Å². The molecule has 1 aromatic heterocycles. The molecule has 3 nitrogen and oxygen atoms in total. The fourth-order valence-corrected chi connectivity index (χ4v) is 1.75. The Hall–Kier alpha value is -0.830. The average molecular weight is 166 g/mol. The van der Waals surface area contributed by atoms with E-state index in [1.165, 1.54) is 5.69 Å². The van der Waals surface area contributed by atoms with Crippen molar-refractivity contribution in [1.29, 1.82) is 0 Å². The third-order valence-electron chi connectivity index (χ3n) is 2.70. The molecule has 0 amide bonds. The smallest absolute Gasteiger partial charge is 0.0596 e. The highest BCUT2D eigenvalue weighted by Gasteiger charge is 2.45. The van der Waals surface area contributed by atoms with Gasteiger partial charge in [-0.25, -0.2) is 0 Å². The van der Waals surface area contributed by atoms with E-state index >= 15 is 0 Å². The van der Waals surface area contributed by atoms with E-state index in [4.69, 9.17) is 0 Å². The summed E-state index contributed by atoms with van der Waals surface area (Å²) in [4.78, 5) is 0. The molecule has 0 spiro atoms. The van der Waals surface area contributed by atoms with Crippen molar-refractivity contribution in [2.75, 3.05) is 6.61 Å². The Labute approximate surface area is 72.0 Å². The molecule has 0 radical (unpaired) electrons. The SMILES string of the molecule is Cc1cc(C2(CO)CC2)n(C)n1. The van der Waals surface area contributed by atoms with Gasteiger partial charge in [-0.15, -0.1) is 0 Å². The van der Waals surface area contributed by atoms with Gasteiger partial charge in [0.15, 0.2) is 0 Å². The molecule has 0 saturated heterocycles. The van der Waals surface area contributed by atoms with Crippen LogP contribution < -0.4 is 0 Å². The molecule has 0 aromatic carbocycles. The monoisotopic (exact) mass is 166 g/mol. The Morgan fingerprint density at radius 2 is 2.33 bits per heavy atom. The van der Waals surface area contributed by atoms with Crippen LogP contribution in [0, 0.1) is 6.92 Å². The summed E-state index contributed by atoms with van der Waals surface area (Å²) in [7, 11) is 1.94. The summed E-state index contributed by atoms with van der Waals surface area (Å²) < 4.78 is 1.89. The van der Waals surface area contributed by atoms with E-state index in [1.54, 1.807) is 0 Å². The quantitative estimate of drug-likeness (QED) is 0.704. The number of hydrogen-bond acceptors (Lipinski definition) is 2. The van der Waals surface area contributed by atoms with Crippen LogP contribution in [0.4, 0.5) is 0 Å². The second kappa shape index (κ2) is 2.33. The number of aliphatic hydroxyl groups excluding tert-OH is 1. The van der Waals surface area contributed by atoms with Crippen LogP contribution in [0.5, 0.6) is 0 Å². The standard InChI is InChI=1S/C9H14N2O/c1-7-5-8(11(2)10-7)9(6-12)3-4-9/h5,12H,3-4,6H2,1-2H3. The Morgan fingerprint density at radius 1 is 1.67 bits per heavy atom. The summed E-state index contributed by atoms with van der Waals surface area (Å²) in [6.07, 6.45) is 2.20. The van der Waals surface area contributed by atoms with Crippen molar-refractivity contribution in [2.45, 2.75) is 25.2 Å². The lowest BCUT2D eigenvalue weighted by atomic mass is 10.0. The predicted octanol–water partition coefficient (Wildman–Crippen LogP) is 0.752. The topological polar surface area (TPSA) is 38.0 Å². The average Bonchev–Trinajstić information content (AvgIpc) is 2.74. The maximum atomic E-state index is 9.20. The number of rotatable bonds is 2. The van der Waals surface area contributed by atoms with Gasteiger partial charge < -0.3 is 5.11 Å². The van der Waals surface area contributed by atoms with Crippen molar-refractivity contribution in [3.63, 3.8) is 0 Å². The molecule has 0 unspecified atom stereocenters. The van der Waals surface area contributed by atoms with E-state index in [2.05, 4.69) is 11.2 Å². The Bertz CT molecular complexity index is 299. The van der Waals surface area contributed by atoms with Gasteiger partial charge in [0.05, 0.1) is 12.3 Å². The molecule has 1 aliphatic rings. The van der Waals surface area contributed by atoms with Crippen LogP contribution in [0.15, 0.2) is 6.07 Å². The second-order valence-electron chi connectivity index (χ2n) is 3.73. The highest BCUT2D eigenvalue weighted by Crippen LogP contribution is 2.47. The Morgan fingerprint density at radius 3 is 2.67 bits per heavy atom. The summed E-state index contributed by atoms with van der Waals surface area (Å²) >= 11 is 0. The summed E-state index contributed by atoms with van der Waals surface area (Å²) in [6, 6.07) is 2.07. The van der Waals surface area contributed by atoms with Gasteiger partial charge in [-0.05, 0) is 25.8 Å². The number of aliphatic hydroxyl groups is 1. The number of nitrogens with zero attached hydrogens (tertiary/aromatic N) is 2. The van der Waals surface area contributed by atoms with Gasteiger partial charge in [-0.3, -0.25) is 4.68 Å². The van der Waals surface area contributed by atoms with Crippen molar-refractivity contribution in [3.8, 4) is 0 Å². The van der Waals surface area contributed by atoms with Crippen LogP contribution in [0.3, 0.4) is 0 Å². The van der Waals surface area contributed by atoms with Gasteiger partial charge in [-0.2, -0.15) is 5.10 Å². The van der Waals surface area contributed by atoms with E-state index in [-0.39, 0.29) is 12.0 Å². The molecular formula is C9H14N2O. The molecule has 66 valence electrons. The molecule has 12 heavy (non-hydrogen) atoms. The van der Waals surface area contributed by atoms with E-state index in [1.807, 2.05) is 18.7 Å². The fraction of sp³-hybridized carbons (Fsp3) is 0.667. The molecule has 1 saturated carbocycles. The zero-order valence-electron chi connectivity index (χ0n) is 7.54. The maximum Gasteiger partial charge on any atom is 0.0596 e. The van der Waals surface area contributed by atoms with Gasteiger partial charge in [0.25, 0.3) is 0 Å². The van der Waals surface area contributed by atoms with Crippen molar-refractivity contribution in [3.05, 3.63) is 17.5 Å². The number of hydrogen-bond donors (Lipinski definition) is 1. The van der Waals surface area contributed by atoms with E-state index in [0.717, 1.165) is 18.5 Å². The molecule has 1 heterocycles. The molecule has 0 bridgehead atoms. The van der Waals surface area contributed by atoms with Crippen molar-refractivity contribution in [2.24, 2.45) is 7.05 Å². The first-order valence-corrected chi connectivity index (χ1v) is 4.30. The minimum atomic E-state index is 0.0516. The van der Waals surface area contributed by atoms with Crippen molar-refractivity contribution < 1.29 is 5.11 Å². The van der Waals surface area contributed by atoms with E-state index < -0.39 is 0 Å². The lowest BCUT2D eigenvalue weighted by Gasteiger charge is -2.10. The number of aromatic nitrogens is 2. The molecule has 1 aromatic rings. The zero-order chi connectivity index (χ0) is 8.77. The highest BCUT2D eigenvalue weighted by atomic mass is 16.3. The third kappa shape index (κ3) is 0.966. The molecule has 0 aliphatic heterocycles. The predicted molar refractivity (Wildman–Crippen MR) is 45.9 cm³/mol. The van der Waals surface area contributed by atoms with Crippen molar-refractivity contribution >= 4 is 0 Å². The molecule has 1 aliphatic carbocycles. The molecule has 1 N–H and O–H groups in total. The zero-order valence-corrected chi connectivity index (χ0v) is 7.54. The third-order valence-corrected chi connectivity index (χ3v) is 2.70. The molecular weight excluding hydrogens is 152 g/mol.